The Kier molecular flexibility index (Phi) is 5.04. The van der Waals surface area contributed by atoms with Crippen LogP contribution in [-0.4, -0.2) is 9.55 Å². The molecule has 0 aliphatic carbocycles. The van der Waals surface area contributed by atoms with Gasteiger partial charge in [0.2, 0.25) is 0 Å². The lowest BCUT2D eigenvalue weighted by Crippen LogP contribution is -1.96. The molecule has 5 aromatic rings. The molecule has 2 heteroatoms. The van der Waals surface area contributed by atoms with Crippen molar-refractivity contribution < 1.29 is 0 Å². The lowest BCUT2D eigenvalue weighted by Gasteiger charge is -2.10. The van der Waals surface area contributed by atoms with Crippen LogP contribution in [0.2, 0.25) is 0 Å². The Bertz CT molecular complexity index is 1500. The Hall–Kier alpha value is -4.17. The molecule has 0 N–H and O–H groups in total. The average Bonchev–Trinajstić information content (AvgIpc) is 3.17. The van der Waals surface area contributed by atoms with E-state index < -0.39 is 0 Å². The van der Waals surface area contributed by atoms with Gasteiger partial charge in [-0.15, -0.1) is 0 Å². The van der Waals surface area contributed by atoms with Crippen LogP contribution in [0.4, 0.5) is 0 Å². The number of imidazole rings is 1. The summed E-state index contributed by atoms with van der Waals surface area (Å²) < 4.78 is 2.20. The molecular formula is C30H24N2. The maximum atomic E-state index is 4.69. The van der Waals surface area contributed by atoms with Crippen LogP contribution in [0.25, 0.3) is 44.2 Å². The highest BCUT2D eigenvalue weighted by atomic mass is 15.1. The van der Waals surface area contributed by atoms with Crippen molar-refractivity contribution in [2.24, 2.45) is 0 Å². The summed E-state index contributed by atoms with van der Waals surface area (Å²) in [6.45, 7) is 9.79. The predicted molar refractivity (Wildman–Crippen MR) is 137 cm³/mol. The second kappa shape index (κ2) is 8.16. The molecule has 0 amide bonds. The Morgan fingerprint density at radius 1 is 0.812 bits per heavy atom. The summed E-state index contributed by atoms with van der Waals surface area (Å²) >= 11 is 0. The average molecular weight is 413 g/mol. The molecule has 5 rings (SSSR count). The van der Waals surface area contributed by atoms with E-state index in [0.29, 0.717) is 0 Å². The number of rotatable bonds is 5. The zero-order valence-electron chi connectivity index (χ0n) is 18.1. The van der Waals surface area contributed by atoms with Gasteiger partial charge < -0.3 is 0 Å². The molecule has 0 radical (unpaired) electrons. The van der Waals surface area contributed by atoms with Crippen LogP contribution in [0.3, 0.4) is 0 Å². The van der Waals surface area contributed by atoms with Gasteiger partial charge in [0.25, 0.3) is 0 Å². The van der Waals surface area contributed by atoms with Crippen LogP contribution >= 0.6 is 0 Å². The van der Waals surface area contributed by atoms with Gasteiger partial charge in [-0.1, -0.05) is 79.9 Å². The molecule has 0 aliphatic rings. The highest BCUT2D eigenvalue weighted by Crippen LogP contribution is 2.29. The first-order valence-corrected chi connectivity index (χ1v) is 10.7. The summed E-state index contributed by atoms with van der Waals surface area (Å²) in [7, 11) is 0. The number of aromatic nitrogens is 2. The number of hydrogen-bond donors (Lipinski definition) is 0. The number of hydrogen-bond acceptors (Lipinski definition) is 1. The fourth-order valence-corrected chi connectivity index (χ4v) is 4.29. The number of fused-ring (bicyclic) bond motifs is 2. The van der Waals surface area contributed by atoms with Gasteiger partial charge in [0.05, 0.1) is 11.0 Å². The summed E-state index contributed by atoms with van der Waals surface area (Å²) in [5, 5.41) is 2.42. The van der Waals surface area contributed by atoms with Crippen molar-refractivity contribution in [1.82, 2.24) is 9.55 Å². The van der Waals surface area contributed by atoms with E-state index in [1.807, 2.05) is 25.1 Å². The van der Waals surface area contributed by atoms with Gasteiger partial charge in [-0.3, -0.25) is 4.57 Å². The number of para-hydroxylation sites is 2. The van der Waals surface area contributed by atoms with Gasteiger partial charge in [0.15, 0.2) is 0 Å². The molecule has 0 fully saturated rings. The molecule has 2 nitrogen and oxygen atoms in total. The largest absolute Gasteiger partial charge is 0.297 e. The highest BCUT2D eigenvalue weighted by molar-refractivity contribution is 5.91. The quantitative estimate of drug-likeness (QED) is 0.268. The first-order valence-electron chi connectivity index (χ1n) is 10.7. The van der Waals surface area contributed by atoms with Crippen LogP contribution in [0.5, 0.6) is 0 Å². The molecule has 0 unspecified atom stereocenters. The van der Waals surface area contributed by atoms with Crippen LogP contribution in [0.15, 0.2) is 116 Å². The minimum atomic E-state index is 0.989. The Labute approximate surface area is 188 Å². The van der Waals surface area contributed by atoms with E-state index >= 15 is 0 Å². The van der Waals surface area contributed by atoms with E-state index in [-0.39, 0.29) is 0 Å². The molecule has 0 saturated heterocycles. The van der Waals surface area contributed by atoms with E-state index in [0.717, 1.165) is 33.7 Å². The summed E-state index contributed by atoms with van der Waals surface area (Å²) in [5.74, 6) is 0.989. The van der Waals surface area contributed by atoms with Gasteiger partial charge in [0.1, 0.15) is 5.82 Å². The molecule has 0 atom stereocenters. The number of benzene rings is 4. The van der Waals surface area contributed by atoms with Crippen molar-refractivity contribution in [3.05, 3.63) is 128 Å². The zero-order chi connectivity index (χ0) is 22.1. The summed E-state index contributed by atoms with van der Waals surface area (Å²) in [4.78, 5) is 4.69. The minimum absolute atomic E-state index is 0.989. The molecule has 1 heterocycles. The molecular weight excluding hydrogens is 388 g/mol. The lowest BCUT2D eigenvalue weighted by atomic mass is 9.97. The van der Waals surface area contributed by atoms with E-state index in [1.54, 1.807) is 6.08 Å². The minimum Gasteiger partial charge on any atom is -0.297 e. The molecule has 1 aromatic heterocycles. The van der Waals surface area contributed by atoms with E-state index in [1.165, 1.54) is 21.9 Å². The fraction of sp³-hybridized carbons (Fsp3) is 0.0333. The van der Waals surface area contributed by atoms with Gasteiger partial charge >= 0.3 is 0 Å². The van der Waals surface area contributed by atoms with Crippen molar-refractivity contribution in [1.29, 1.82) is 0 Å². The third kappa shape index (κ3) is 3.46. The van der Waals surface area contributed by atoms with E-state index in [9.17, 15) is 0 Å². The second-order valence-corrected chi connectivity index (χ2v) is 7.87. The highest BCUT2D eigenvalue weighted by Gasteiger charge is 2.09. The monoisotopic (exact) mass is 412 g/mol. The molecule has 0 aliphatic heterocycles. The Morgan fingerprint density at radius 2 is 1.56 bits per heavy atom. The number of allylic oxidation sites excluding steroid dienone is 4. The maximum absolute atomic E-state index is 4.69. The van der Waals surface area contributed by atoms with Gasteiger partial charge in [-0.25, -0.2) is 4.98 Å². The first-order chi connectivity index (χ1) is 15.7. The van der Waals surface area contributed by atoms with Crippen molar-refractivity contribution in [2.75, 3.05) is 0 Å². The summed E-state index contributed by atoms with van der Waals surface area (Å²) in [6.07, 6.45) is 5.65. The summed E-state index contributed by atoms with van der Waals surface area (Å²) in [5.41, 5.74) is 7.86. The molecule has 32 heavy (non-hydrogen) atoms. The Morgan fingerprint density at radius 3 is 2.34 bits per heavy atom. The molecule has 0 spiro atoms. The molecule has 4 aromatic carbocycles. The maximum Gasteiger partial charge on any atom is 0.111 e. The SMILES string of the molecule is C=C/C=C(\C=C)c1ccc2ccc(-c3ccc(-n4c(C)nc5ccccc54)cc3)cc2c1. The molecule has 0 saturated carbocycles. The topological polar surface area (TPSA) is 17.8 Å². The molecule has 154 valence electrons. The normalized spacial score (nSPS) is 11.7. The zero-order valence-corrected chi connectivity index (χ0v) is 18.1. The van der Waals surface area contributed by atoms with Crippen LogP contribution < -0.4 is 0 Å². The number of aryl methyl sites for hydroxylation is 1. The van der Waals surface area contributed by atoms with Gasteiger partial charge in [-0.05, 0) is 76.4 Å². The van der Waals surface area contributed by atoms with Crippen LogP contribution in [0, 0.1) is 6.92 Å². The van der Waals surface area contributed by atoms with Crippen molar-refractivity contribution >= 4 is 27.4 Å². The summed E-state index contributed by atoms with van der Waals surface area (Å²) in [6, 6.07) is 30.1. The van der Waals surface area contributed by atoms with E-state index in [4.69, 9.17) is 4.98 Å². The predicted octanol–water partition coefficient (Wildman–Crippen LogP) is 7.91. The third-order valence-corrected chi connectivity index (χ3v) is 5.88. The third-order valence-electron chi connectivity index (χ3n) is 5.88. The van der Waals surface area contributed by atoms with Crippen molar-refractivity contribution in [2.45, 2.75) is 6.92 Å². The van der Waals surface area contributed by atoms with E-state index in [2.05, 4.69) is 96.6 Å². The Balaban J connectivity index is 1.54. The number of nitrogens with zero attached hydrogens (tertiary/aromatic N) is 2. The van der Waals surface area contributed by atoms with Crippen molar-refractivity contribution in [3.8, 4) is 16.8 Å². The standard InChI is InChI=1S/C30H24N2/c1-4-8-22(5-2)25-13-11-24-12-14-26(20-27(24)19-25)23-15-17-28(18-16-23)32-21(3)31-29-9-6-7-10-30(29)32/h4-20H,1-2H2,3H3/b22-8+. The van der Waals surface area contributed by atoms with Crippen LogP contribution in [0.1, 0.15) is 11.4 Å². The molecule has 0 bridgehead atoms. The lowest BCUT2D eigenvalue weighted by molar-refractivity contribution is 1.00. The second-order valence-electron chi connectivity index (χ2n) is 7.87. The van der Waals surface area contributed by atoms with Gasteiger partial charge in [-0.2, -0.15) is 0 Å². The van der Waals surface area contributed by atoms with Crippen molar-refractivity contribution in [3.63, 3.8) is 0 Å². The first kappa shape index (κ1) is 19.8. The smallest absolute Gasteiger partial charge is 0.111 e. The fourth-order valence-electron chi connectivity index (χ4n) is 4.29. The van der Waals surface area contributed by atoms with Crippen LogP contribution in [-0.2, 0) is 0 Å². The van der Waals surface area contributed by atoms with Gasteiger partial charge in [0, 0.05) is 5.69 Å².